The van der Waals surface area contributed by atoms with Gasteiger partial charge in [0.2, 0.25) is 5.91 Å². The molecule has 1 aromatic rings. The predicted octanol–water partition coefficient (Wildman–Crippen LogP) is 2.55. The molecule has 2 fully saturated rings. The molecule has 20 heavy (non-hydrogen) atoms. The van der Waals surface area contributed by atoms with Crippen LogP contribution in [-0.4, -0.2) is 47.3 Å². The molecule has 2 aliphatic rings. The number of piperazine rings is 1. The van der Waals surface area contributed by atoms with E-state index < -0.39 is 0 Å². The second-order valence-corrected chi connectivity index (χ2v) is 6.42. The third-order valence-electron chi connectivity index (χ3n) is 3.95. The smallest absolute Gasteiger partial charge is 0.254 e. The highest BCUT2D eigenvalue weighted by atomic mass is 79.9. The number of benzene rings is 1. The Labute approximate surface area is 130 Å². The van der Waals surface area contributed by atoms with Gasteiger partial charge in [0.05, 0.1) is 5.02 Å². The Kier molecular flexibility index (Phi) is 3.73. The molecule has 0 radical (unpaired) electrons. The quantitative estimate of drug-likeness (QED) is 0.775. The van der Waals surface area contributed by atoms with Crippen LogP contribution in [0.3, 0.4) is 0 Å². The summed E-state index contributed by atoms with van der Waals surface area (Å²) in [5, 5.41) is 0.591. The van der Waals surface area contributed by atoms with Crippen LogP contribution in [0.25, 0.3) is 0 Å². The van der Waals surface area contributed by atoms with E-state index in [0.29, 0.717) is 36.6 Å². The molecule has 0 bridgehead atoms. The number of hydrogen-bond donors (Lipinski definition) is 0. The molecule has 4 nitrogen and oxygen atoms in total. The summed E-state index contributed by atoms with van der Waals surface area (Å²) in [6.45, 7) is 1.87. The number of carbonyl (C=O) groups is 2. The van der Waals surface area contributed by atoms with E-state index in [9.17, 15) is 9.59 Å². The van der Waals surface area contributed by atoms with Crippen LogP contribution in [0.15, 0.2) is 22.7 Å². The average Bonchev–Trinajstić information content (AvgIpc) is 2.82. The van der Waals surface area contributed by atoms with Crippen molar-refractivity contribution in [3.8, 4) is 0 Å². The van der Waals surface area contributed by atoms with Crippen molar-refractivity contribution in [3.05, 3.63) is 33.3 Å². The molecule has 0 spiro atoms. The molecular formula is C14H14BrClN2O2. The first-order valence-corrected chi connectivity index (χ1v) is 7.77. The summed E-state index contributed by atoms with van der Waals surface area (Å²) in [5.74, 6) is 0.220. The van der Waals surface area contributed by atoms with Crippen molar-refractivity contribution in [1.29, 1.82) is 0 Å². The Morgan fingerprint density at radius 2 is 2.15 bits per heavy atom. The lowest BCUT2D eigenvalue weighted by atomic mass is 10.1. The fourth-order valence-corrected chi connectivity index (χ4v) is 3.36. The molecule has 1 aromatic carbocycles. The zero-order chi connectivity index (χ0) is 14.3. The second-order valence-electron chi connectivity index (χ2n) is 5.16. The first-order valence-electron chi connectivity index (χ1n) is 6.60. The summed E-state index contributed by atoms with van der Waals surface area (Å²) in [6, 6.07) is 5.39. The van der Waals surface area contributed by atoms with Crippen LogP contribution in [0.2, 0.25) is 5.02 Å². The fraction of sp³-hybridized carbons (Fsp3) is 0.429. The first-order chi connectivity index (χ1) is 9.56. The van der Waals surface area contributed by atoms with E-state index in [1.54, 1.807) is 18.2 Å². The largest absolute Gasteiger partial charge is 0.336 e. The number of halogens is 2. The molecule has 6 heteroatoms. The van der Waals surface area contributed by atoms with Gasteiger partial charge in [-0.3, -0.25) is 9.59 Å². The molecule has 3 rings (SSSR count). The van der Waals surface area contributed by atoms with E-state index in [-0.39, 0.29) is 17.9 Å². The normalized spacial score (nSPS) is 22.1. The van der Waals surface area contributed by atoms with Crippen LogP contribution in [0.4, 0.5) is 0 Å². The van der Waals surface area contributed by atoms with Crippen molar-refractivity contribution in [3.63, 3.8) is 0 Å². The molecule has 106 valence electrons. The number of hydrogen-bond acceptors (Lipinski definition) is 2. The van der Waals surface area contributed by atoms with E-state index in [1.807, 2.05) is 9.80 Å². The van der Waals surface area contributed by atoms with Gasteiger partial charge < -0.3 is 9.80 Å². The third kappa shape index (κ3) is 2.44. The lowest BCUT2D eigenvalue weighted by molar-refractivity contribution is -0.130. The van der Waals surface area contributed by atoms with E-state index in [2.05, 4.69) is 15.9 Å². The van der Waals surface area contributed by atoms with Crippen LogP contribution < -0.4 is 0 Å². The maximum absolute atomic E-state index is 12.5. The summed E-state index contributed by atoms with van der Waals surface area (Å²) in [4.78, 5) is 27.9. The van der Waals surface area contributed by atoms with Gasteiger partial charge in [-0.1, -0.05) is 11.6 Å². The lowest BCUT2D eigenvalue weighted by Gasteiger charge is -2.37. The minimum atomic E-state index is 0.00126. The van der Waals surface area contributed by atoms with Crippen LogP contribution in [0.5, 0.6) is 0 Å². The molecule has 0 N–H and O–H groups in total. The van der Waals surface area contributed by atoms with E-state index >= 15 is 0 Å². The highest BCUT2D eigenvalue weighted by Crippen LogP contribution is 2.26. The summed E-state index contributed by atoms with van der Waals surface area (Å²) in [6.07, 6.45) is 1.46. The van der Waals surface area contributed by atoms with Gasteiger partial charge in [-0.15, -0.1) is 0 Å². The van der Waals surface area contributed by atoms with Gasteiger partial charge in [0.25, 0.3) is 5.91 Å². The second kappa shape index (κ2) is 5.37. The van der Waals surface area contributed by atoms with Crippen molar-refractivity contribution >= 4 is 39.3 Å². The molecule has 2 heterocycles. The van der Waals surface area contributed by atoms with Crippen molar-refractivity contribution in [2.24, 2.45) is 0 Å². The first kappa shape index (κ1) is 13.9. The van der Waals surface area contributed by atoms with Gasteiger partial charge in [0, 0.05) is 42.1 Å². The zero-order valence-corrected chi connectivity index (χ0v) is 13.2. The molecule has 2 saturated heterocycles. The summed E-state index contributed by atoms with van der Waals surface area (Å²) in [7, 11) is 0. The SMILES string of the molecule is O=C(c1ccc(Cl)c(Br)c1)N1CCN2C(=O)CCC2C1. The molecule has 2 aliphatic heterocycles. The number of rotatable bonds is 1. The van der Waals surface area contributed by atoms with E-state index in [1.165, 1.54) is 0 Å². The van der Waals surface area contributed by atoms with Crippen molar-refractivity contribution < 1.29 is 9.59 Å². The Bertz CT molecular complexity index is 578. The van der Waals surface area contributed by atoms with Gasteiger partial charge in [-0.2, -0.15) is 0 Å². The van der Waals surface area contributed by atoms with E-state index in [4.69, 9.17) is 11.6 Å². The van der Waals surface area contributed by atoms with Crippen molar-refractivity contribution in [1.82, 2.24) is 9.80 Å². The standard InChI is InChI=1S/C14H14BrClN2O2/c15-11-7-9(1-3-12(11)16)14(20)17-5-6-18-10(8-17)2-4-13(18)19/h1,3,7,10H,2,4-6,8H2. The van der Waals surface area contributed by atoms with Crippen LogP contribution in [-0.2, 0) is 4.79 Å². The highest BCUT2D eigenvalue weighted by molar-refractivity contribution is 9.10. The fourth-order valence-electron chi connectivity index (χ4n) is 2.86. The number of amides is 2. The van der Waals surface area contributed by atoms with Crippen LogP contribution in [0, 0.1) is 0 Å². The Morgan fingerprint density at radius 3 is 2.90 bits per heavy atom. The van der Waals surface area contributed by atoms with Gasteiger partial charge >= 0.3 is 0 Å². The number of fused-ring (bicyclic) bond motifs is 1. The summed E-state index contributed by atoms with van der Waals surface area (Å²) < 4.78 is 0.722. The summed E-state index contributed by atoms with van der Waals surface area (Å²) in [5.41, 5.74) is 0.624. The predicted molar refractivity (Wildman–Crippen MR) is 79.8 cm³/mol. The van der Waals surface area contributed by atoms with Gasteiger partial charge in [0.15, 0.2) is 0 Å². The molecule has 0 saturated carbocycles. The highest BCUT2D eigenvalue weighted by Gasteiger charge is 2.37. The molecule has 1 unspecified atom stereocenters. The molecule has 0 aliphatic carbocycles. The maximum Gasteiger partial charge on any atom is 0.254 e. The van der Waals surface area contributed by atoms with Crippen LogP contribution >= 0.6 is 27.5 Å². The maximum atomic E-state index is 12.5. The van der Waals surface area contributed by atoms with Crippen molar-refractivity contribution in [2.45, 2.75) is 18.9 Å². The minimum absolute atomic E-state index is 0.00126. The van der Waals surface area contributed by atoms with E-state index in [0.717, 1.165) is 10.9 Å². The molecule has 2 amide bonds. The number of nitrogens with zero attached hydrogens (tertiary/aromatic N) is 2. The molecule has 1 atom stereocenters. The Morgan fingerprint density at radius 1 is 1.35 bits per heavy atom. The zero-order valence-electron chi connectivity index (χ0n) is 10.8. The number of carbonyl (C=O) groups excluding carboxylic acids is 2. The van der Waals surface area contributed by atoms with Crippen molar-refractivity contribution in [2.75, 3.05) is 19.6 Å². The van der Waals surface area contributed by atoms with Gasteiger partial charge in [-0.25, -0.2) is 0 Å². The van der Waals surface area contributed by atoms with Crippen LogP contribution in [0.1, 0.15) is 23.2 Å². The van der Waals surface area contributed by atoms with Gasteiger partial charge in [-0.05, 0) is 40.5 Å². The average molecular weight is 358 g/mol. The molecule has 0 aromatic heterocycles. The lowest BCUT2D eigenvalue weighted by Crippen LogP contribution is -2.53. The Balaban J connectivity index is 1.75. The summed E-state index contributed by atoms with van der Waals surface area (Å²) >= 11 is 9.28. The molecular weight excluding hydrogens is 344 g/mol. The monoisotopic (exact) mass is 356 g/mol. The van der Waals surface area contributed by atoms with Gasteiger partial charge in [0.1, 0.15) is 0 Å². The topological polar surface area (TPSA) is 40.6 Å². The third-order valence-corrected chi connectivity index (χ3v) is 5.16. The minimum Gasteiger partial charge on any atom is -0.336 e. The Hall–Kier alpha value is -1.07.